The number of thiophene rings is 1. The highest BCUT2D eigenvalue weighted by molar-refractivity contribution is 7.92. The van der Waals surface area contributed by atoms with E-state index in [-0.39, 0.29) is 36.6 Å². The number of aromatic nitrogens is 1. The van der Waals surface area contributed by atoms with Crippen LogP contribution in [-0.2, 0) is 19.4 Å². The minimum atomic E-state index is -4.02. The summed E-state index contributed by atoms with van der Waals surface area (Å²) in [7, 11) is 0.262. The highest BCUT2D eigenvalue weighted by Gasteiger charge is 2.50. The SMILES string of the molecule is COc1ccc(C(=O)N2CCC(CC(=O)NO)(c3ccc(-c4ccc(-c5cnco5)cc4)s3)S(=O)(=O)CC2)c(OC)c1OC. The molecule has 2 aromatic heterocycles. The molecule has 1 saturated heterocycles. The van der Waals surface area contributed by atoms with E-state index >= 15 is 0 Å². The van der Waals surface area contributed by atoms with Gasteiger partial charge in [0.2, 0.25) is 11.7 Å². The minimum absolute atomic E-state index is 0.0212. The van der Waals surface area contributed by atoms with Gasteiger partial charge in [-0.2, -0.15) is 0 Å². The second kappa shape index (κ2) is 12.7. The van der Waals surface area contributed by atoms with E-state index in [1.807, 2.05) is 24.3 Å². The minimum Gasteiger partial charge on any atom is -0.493 e. The van der Waals surface area contributed by atoms with Crippen molar-refractivity contribution in [3.63, 3.8) is 0 Å². The molecular formula is C30H31N3O9S2. The Morgan fingerprint density at radius 1 is 1.00 bits per heavy atom. The fourth-order valence-corrected chi connectivity index (χ4v) is 9.02. The first-order chi connectivity index (χ1) is 21.2. The van der Waals surface area contributed by atoms with Crippen LogP contribution in [0.5, 0.6) is 17.2 Å². The number of amides is 2. The Balaban J connectivity index is 1.49. The molecule has 1 aliphatic heterocycles. The monoisotopic (exact) mass is 641 g/mol. The maximum absolute atomic E-state index is 14.0. The number of hydrogen-bond acceptors (Lipinski definition) is 11. The number of nitrogens with zero attached hydrogens (tertiary/aromatic N) is 2. The number of sulfone groups is 1. The predicted molar refractivity (Wildman–Crippen MR) is 162 cm³/mol. The fourth-order valence-electron chi connectivity index (χ4n) is 5.41. The standard InChI is InChI=1S/C30H31N3O9S2/c1-39-22-9-8-21(27(40-2)28(22)41-3)29(35)33-13-12-30(16-26(34)32-36,44(37,38)15-14-33)25-11-10-24(43-25)20-6-4-19(5-7-20)23-17-31-18-42-23/h4-11,17-18,36H,12-16H2,1-3H3,(H,32,34). The molecule has 4 aromatic rings. The molecule has 1 atom stereocenters. The predicted octanol–water partition coefficient (Wildman–Crippen LogP) is 4.15. The number of carbonyl (C=O) groups is 2. The van der Waals surface area contributed by atoms with E-state index in [1.54, 1.807) is 29.9 Å². The van der Waals surface area contributed by atoms with E-state index in [9.17, 15) is 23.2 Å². The summed E-state index contributed by atoms with van der Waals surface area (Å²) < 4.78 is 48.0. The Morgan fingerprint density at radius 2 is 1.73 bits per heavy atom. The van der Waals surface area contributed by atoms with Crippen molar-refractivity contribution >= 4 is 33.0 Å². The Kier molecular flexibility index (Phi) is 8.95. The largest absolute Gasteiger partial charge is 0.493 e. The summed E-state index contributed by atoms with van der Waals surface area (Å²) in [5.74, 6) is -0.322. The quantitative estimate of drug-likeness (QED) is 0.201. The molecule has 14 heteroatoms. The summed E-state index contributed by atoms with van der Waals surface area (Å²) >= 11 is 1.25. The normalized spacial score (nSPS) is 17.9. The number of benzene rings is 2. The van der Waals surface area contributed by atoms with Crippen molar-refractivity contribution in [2.24, 2.45) is 0 Å². The number of carbonyl (C=O) groups excluding carboxylic acids is 2. The summed E-state index contributed by atoms with van der Waals surface area (Å²) in [6.45, 7) is -0.0874. The number of methoxy groups -OCH3 is 3. The van der Waals surface area contributed by atoms with E-state index in [1.165, 1.54) is 50.0 Å². The third-order valence-electron chi connectivity index (χ3n) is 7.74. The van der Waals surface area contributed by atoms with Crippen molar-refractivity contribution in [2.45, 2.75) is 17.6 Å². The number of hydroxylamine groups is 1. The van der Waals surface area contributed by atoms with Gasteiger partial charge < -0.3 is 23.5 Å². The molecule has 1 aliphatic rings. The Bertz CT molecular complexity index is 1750. The lowest BCUT2D eigenvalue weighted by molar-refractivity contribution is -0.129. The van der Waals surface area contributed by atoms with E-state index in [0.717, 1.165) is 16.0 Å². The molecule has 0 bridgehead atoms. The lowest BCUT2D eigenvalue weighted by atomic mass is 9.97. The van der Waals surface area contributed by atoms with Gasteiger partial charge >= 0.3 is 0 Å². The average Bonchev–Trinajstić information content (AvgIpc) is 3.74. The summed E-state index contributed by atoms with van der Waals surface area (Å²) in [6, 6.07) is 14.1. The topological polar surface area (TPSA) is 157 Å². The van der Waals surface area contributed by atoms with E-state index < -0.39 is 38.6 Å². The second-order valence-corrected chi connectivity index (χ2v) is 13.6. The molecule has 1 fully saturated rings. The summed E-state index contributed by atoms with van der Waals surface area (Å²) in [4.78, 5) is 32.9. The zero-order chi connectivity index (χ0) is 31.5. The van der Waals surface area contributed by atoms with Gasteiger partial charge in [0.15, 0.2) is 33.5 Å². The summed E-state index contributed by atoms with van der Waals surface area (Å²) in [5.41, 5.74) is 3.44. The number of hydrogen-bond donors (Lipinski definition) is 2. The second-order valence-electron chi connectivity index (χ2n) is 10.1. The molecule has 2 aromatic carbocycles. The fraction of sp³-hybridized carbons (Fsp3) is 0.300. The smallest absolute Gasteiger partial charge is 0.257 e. The molecule has 1 unspecified atom stereocenters. The van der Waals surface area contributed by atoms with Crippen molar-refractivity contribution in [1.82, 2.24) is 15.4 Å². The van der Waals surface area contributed by atoms with E-state index in [0.29, 0.717) is 16.4 Å². The van der Waals surface area contributed by atoms with E-state index in [4.69, 9.17) is 18.6 Å². The van der Waals surface area contributed by atoms with Crippen LogP contribution in [0.1, 0.15) is 28.1 Å². The maximum atomic E-state index is 14.0. The highest BCUT2D eigenvalue weighted by atomic mass is 32.2. The highest BCUT2D eigenvalue weighted by Crippen LogP contribution is 2.46. The molecule has 5 rings (SSSR count). The molecule has 0 aliphatic carbocycles. The van der Waals surface area contributed by atoms with Crippen molar-refractivity contribution in [3.8, 4) is 39.0 Å². The Morgan fingerprint density at radius 3 is 2.36 bits per heavy atom. The van der Waals surface area contributed by atoms with Crippen LogP contribution >= 0.6 is 11.3 Å². The van der Waals surface area contributed by atoms with Crippen molar-refractivity contribution < 1.29 is 41.8 Å². The molecule has 12 nitrogen and oxygen atoms in total. The Hall–Kier alpha value is -4.40. The third kappa shape index (κ3) is 5.63. The van der Waals surface area contributed by atoms with Gasteiger partial charge in [-0.3, -0.25) is 14.8 Å². The number of ether oxygens (including phenoxy) is 3. The first kappa shape index (κ1) is 31.0. The molecule has 0 saturated carbocycles. The van der Waals surface area contributed by atoms with Crippen LogP contribution in [0, 0.1) is 0 Å². The molecule has 44 heavy (non-hydrogen) atoms. The van der Waals surface area contributed by atoms with Gasteiger partial charge in [0.1, 0.15) is 4.75 Å². The van der Waals surface area contributed by atoms with Crippen LogP contribution in [0.25, 0.3) is 21.8 Å². The average molecular weight is 642 g/mol. The third-order valence-corrected chi connectivity index (χ3v) is 11.7. The van der Waals surface area contributed by atoms with Crippen LogP contribution in [0.15, 0.2) is 65.5 Å². The van der Waals surface area contributed by atoms with E-state index in [2.05, 4.69) is 4.98 Å². The van der Waals surface area contributed by atoms with Crippen LogP contribution in [0.4, 0.5) is 0 Å². The van der Waals surface area contributed by atoms with Crippen molar-refractivity contribution in [1.29, 1.82) is 0 Å². The molecular weight excluding hydrogens is 610 g/mol. The maximum Gasteiger partial charge on any atom is 0.257 e. The molecule has 3 heterocycles. The zero-order valence-electron chi connectivity index (χ0n) is 24.2. The van der Waals surface area contributed by atoms with Gasteiger partial charge in [-0.1, -0.05) is 24.3 Å². The molecule has 0 radical (unpaired) electrons. The number of rotatable bonds is 9. The molecule has 232 valence electrons. The first-order valence-electron chi connectivity index (χ1n) is 13.5. The van der Waals surface area contributed by atoms with Gasteiger partial charge in [-0.05, 0) is 36.2 Å². The van der Waals surface area contributed by atoms with Crippen LogP contribution in [0.2, 0.25) is 0 Å². The molecule has 0 spiro atoms. The van der Waals surface area contributed by atoms with Crippen LogP contribution in [-0.4, -0.2) is 75.5 Å². The number of nitrogens with one attached hydrogen (secondary N) is 1. The summed E-state index contributed by atoms with van der Waals surface area (Å²) in [6.07, 6.45) is 2.37. The molecule has 2 N–H and O–H groups in total. The Labute approximate surface area is 258 Å². The van der Waals surface area contributed by atoms with Gasteiger partial charge in [-0.25, -0.2) is 18.9 Å². The van der Waals surface area contributed by atoms with Crippen molar-refractivity contribution in [2.75, 3.05) is 40.2 Å². The first-order valence-corrected chi connectivity index (χ1v) is 16.0. The summed E-state index contributed by atoms with van der Waals surface area (Å²) in [5, 5.41) is 9.39. The van der Waals surface area contributed by atoms with Gasteiger partial charge in [-0.15, -0.1) is 11.3 Å². The van der Waals surface area contributed by atoms with Crippen LogP contribution < -0.4 is 19.7 Å². The van der Waals surface area contributed by atoms with Crippen molar-refractivity contribution in [3.05, 3.63) is 71.6 Å². The number of oxazole rings is 1. The van der Waals surface area contributed by atoms with Crippen LogP contribution in [0.3, 0.4) is 0 Å². The lowest BCUT2D eigenvalue weighted by Crippen LogP contribution is -2.41. The van der Waals surface area contributed by atoms with Gasteiger partial charge in [0.25, 0.3) is 5.91 Å². The zero-order valence-corrected chi connectivity index (χ0v) is 25.9. The van der Waals surface area contributed by atoms with Gasteiger partial charge in [0, 0.05) is 28.4 Å². The van der Waals surface area contributed by atoms with Gasteiger partial charge in [0.05, 0.1) is 45.3 Å². The lowest BCUT2D eigenvalue weighted by Gasteiger charge is -2.30. The molecule has 2 amide bonds.